The van der Waals surface area contributed by atoms with Gasteiger partial charge in [-0.05, 0) is 17.7 Å². The van der Waals surface area contributed by atoms with Crippen molar-refractivity contribution >= 4 is 29.6 Å². The summed E-state index contributed by atoms with van der Waals surface area (Å²) >= 11 is 0. The number of nitrogens with zero attached hydrogens (tertiary/aromatic N) is 3. The molecule has 0 unspecified atom stereocenters. The van der Waals surface area contributed by atoms with Gasteiger partial charge in [0.1, 0.15) is 5.57 Å². The third-order valence-electron chi connectivity index (χ3n) is 4.23. The van der Waals surface area contributed by atoms with Gasteiger partial charge >= 0.3 is 6.03 Å². The SMILES string of the molecule is CN1C(=O)C(=Cc2ccccc2N2CCOCC2)C(=O)N(C)C1=O. The number of rotatable bonds is 2. The van der Waals surface area contributed by atoms with Gasteiger partial charge in [0.25, 0.3) is 11.8 Å². The Hall–Kier alpha value is -2.67. The third kappa shape index (κ3) is 2.78. The molecule has 4 amide bonds. The van der Waals surface area contributed by atoms with Crippen molar-refractivity contribution in [2.45, 2.75) is 0 Å². The Balaban J connectivity index is 2.00. The molecule has 1 aromatic carbocycles. The molecule has 2 saturated heterocycles. The summed E-state index contributed by atoms with van der Waals surface area (Å²) in [4.78, 5) is 40.6. The molecule has 2 heterocycles. The molecule has 3 rings (SSSR count). The molecule has 0 aliphatic carbocycles. The lowest BCUT2D eigenvalue weighted by molar-refractivity contribution is -0.134. The average molecular weight is 329 g/mol. The summed E-state index contributed by atoms with van der Waals surface area (Å²) in [5.74, 6) is -1.17. The topological polar surface area (TPSA) is 70.2 Å². The van der Waals surface area contributed by atoms with Crippen molar-refractivity contribution in [2.24, 2.45) is 0 Å². The van der Waals surface area contributed by atoms with Crippen LogP contribution in [-0.2, 0) is 14.3 Å². The Morgan fingerprint density at radius 1 is 0.958 bits per heavy atom. The minimum absolute atomic E-state index is 0.0136. The molecule has 0 atom stereocenters. The number of barbiturate groups is 1. The minimum Gasteiger partial charge on any atom is -0.378 e. The van der Waals surface area contributed by atoms with E-state index in [0.29, 0.717) is 13.2 Å². The van der Waals surface area contributed by atoms with E-state index in [4.69, 9.17) is 4.74 Å². The lowest BCUT2D eigenvalue weighted by Gasteiger charge is -2.31. The van der Waals surface area contributed by atoms with E-state index < -0.39 is 17.8 Å². The second-order valence-electron chi connectivity index (χ2n) is 5.73. The maximum atomic E-state index is 12.3. The molecule has 0 saturated carbocycles. The predicted octanol–water partition coefficient (Wildman–Crippen LogP) is 0.957. The van der Waals surface area contributed by atoms with E-state index in [1.54, 1.807) is 6.08 Å². The molecule has 0 N–H and O–H groups in total. The Bertz CT molecular complexity index is 696. The Kier molecular flexibility index (Phi) is 4.35. The van der Waals surface area contributed by atoms with Gasteiger partial charge in [-0.15, -0.1) is 0 Å². The number of benzene rings is 1. The number of carbonyl (C=O) groups is 3. The van der Waals surface area contributed by atoms with Crippen LogP contribution in [0.4, 0.5) is 10.5 Å². The average Bonchev–Trinajstić information content (AvgIpc) is 2.63. The van der Waals surface area contributed by atoms with E-state index >= 15 is 0 Å². The highest BCUT2D eigenvalue weighted by Crippen LogP contribution is 2.26. The second-order valence-corrected chi connectivity index (χ2v) is 5.73. The van der Waals surface area contributed by atoms with Crippen molar-refractivity contribution in [3.05, 3.63) is 35.4 Å². The zero-order valence-electron chi connectivity index (χ0n) is 13.7. The number of ether oxygens (including phenoxy) is 1. The number of carbonyl (C=O) groups excluding carboxylic acids is 3. The van der Waals surface area contributed by atoms with Gasteiger partial charge in [-0.1, -0.05) is 18.2 Å². The molecule has 1 aromatic rings. The first-order valence-corrected chi connectivity index (χ1v) is 7.74. The summed E-state index contributed by atoms with van der Waals surface area (Å²) in [7, 11) is 2.74. The zero-order valence-corrected chi connectivity index (χ0v) is 13.7. The molecular formula is C17H19N3O4. The van der Waals surface area contributed by atoms with Crippen LogP contribution in [0.15, 0.2) is 29.8 Å². The van der Waals surface area contributed by atoms with Gasteiger partial charge < -0.3 is 9.64 Å². The maximum Gasteiger partial charge on any atom is 0.333 e. The van der Waals surface area contributed by atoms with Crippen molar-refractivity contribution in [3.63, 3.8) is 0 Å². The van der Waals surface area contributed by atoms with Crippen LogP contribution in [0.3, 0.4) is 0 Å². The zero-order chi connectivity index (χ0) is 17.3. The number of likely N-dealkylation sites (N-methyl/N-ethyl adjacent to an activating group) is 2. The van der Waals surface area contributed by atoms with Gasteiger partial charge in [0.2, 0.25) is 0 Å². The second kappa shape index (κ2) is 6.45. The van der Waals surface area contributed by atoms with Gasteiger partial charge in [0.15, 0.2) is 0 Å². The molecule has 24 heavy (non-hydrogen) atoms. The standard InChI is InChI=1S/C17H19N3O4/c1-18-15(21)13(16(22)19(2)17(18)23)11-12-5-3-4-6-14(12)20-7-9-24-10-8-20/h3-6,11H,7-10H2,1-2H3. The molecule has 0 spiro atoms. The minimum atomic E-state index is -0.622. The van der Waals surface area contributed by atoms with Crippen molar-refractivity contribution in [1.82, 2.24) is 9.80 Å². The fourth-order valence-electron chi connectivity index (χ4n) is 2.83. The van der Waals surface area contributed by atoms with E-state index in [-0.39, 0.29) is 5.57 Å². The normalized spacial score (nSPS) is 19.2. The van der Waals surface area contributed by atoms with Crippen LogP contribution >= 0.6 is 0 Å². The number of hydrogen-bond acceptors (Lipinski definition) is 5. The number of morpholine rings is 1. The summed E-state index contributed by atoms with van der Waals surface area (Å²) in [5.41, 5.74) is 1.70. The van der Waals surface area contributed by atoms with Gasteiger partial charge in [-0.3, -0.25) is 19.4 Å². The summed E-state index contributed by atoms with van der Waals surface area (Å²) in [6.07, 6.45) is 1.56. The van der Waals surface area contributed by atoms with Crippen molar-refractivity contribution in [2.75, 3.05) is 45.3 Å². The molecule has 126 valence electrons. The highest BCUT2D eigenvalue weighted by molar-refractivity contribution is 6.30. The fraction of sp³-hybridized carbons (Fsp3) is 0.353. The highest BCUT2D eigenvalue weighted by Gasteiger charge is 2.37. The monoisotopic (exact) mass is 329 g/mol. The van der Waals surface area contributed by atoms with Crippen LogP contribution in [0.5, 0.6) is 0 Å². The molecule has 2 aliphatic heterocycles. The Morgan fingerprint density at radius 2 is 1.54 bits per heavy atom. The summed E-state index contributed by atoms with van der Waals surface area (Å²) in [5, 5.41) is 0. The Morgan fingerprint density at radius 3 is 2.17 bits per heavy atom. The van der Waals surface area contributed by atoms with Crippen LogP contribution in [0.25, 0.3) is 6.08 Å². The van der Waals surface area contributed by atoms with Crippen LogP contribution < -0.4 is 4.90 Å². The smallest absolute Gasteiger partial charge is 0.333 e. The number of hydrogen-bond donors (Lipinski definition) is 0. The highest BCUT2D eigenvalue weighted by atomic mass is 16.5. The molecule has 0 aromatic heterocycles. The fourth-order valence-corrected chi connectivity index (χ4v) is 2.83. The van der Waals surface area contributed by atoms with Crippen LogP contribution in [0, 0.1) is 0 Å². The van der Waals surface area contributed by atoms with Crippen LogP contribution in [-0.4, -0.2) is 68.0 Å². The van der Waals surface area contributed by atoms with Gasteiger partial charge in [-0.25, -0.2) is 4.79 Å². The number of imide groups is 2. The molecule has 0 radical (unpaired) electrons. The molecule has 7 heteroatoms. The van der Waals surface area contributed by atoms with E-state index in [1.165, 1.54) is 14.1 Å². The van der Waals surface area contributed by atoms with Crippen LogP contribution in [0.2, 0.25) is 0 Å². The molecule has 2 aliphatic rings. The van der Waals surface area contributed by atoms with Crippen molar-refractivity contribution in [3.8, 4) is 0 Å². The molecular weight excluding hydrogens is 310 g/mol. The number of urea groups is 1. The number of para-hydroxylation sites is 1. The third-order valence-corrected chi connectivity index (χ3v) is 4.23. The van der Waals surface area contributed by atoms with Crippen molar-refractivity contribution < 1.29 is 19.1 Å². The number of anilines is 1. The van der Waals surface area contributed by atoms with Gasteiger partial charge in [-0.2, -0.15) is 0 Å². The first-order valence-electron chi connectivity index (χ1n) is 7.74. The van der Waals surface area contributed by atoms with Crippen LogP contribution in [0.1, 0.15) is 5.56 Å². The molecule has 0 bridgehead atoms. The first kappa shape index (κ1) is 16.2. The van der Waals surface area contributed by atoms with E-state index in [9.17, 15) is 14.4 Å². The lowest BCUT2D eigenvalue weighted by Crippen LogP contribution is -2.52. The van der Waals surface area contributed by atoms with E-state index in [2.05, 4.69) is 4.90 Å². The summed E-state index contributed by atoms with van der Waals surface area (Å²) in [6, 6.07) is 6.96. The van der Waals surface area contributed by atoms with Gasteiger partial charge in [0, 0.05) is 32.9 Å². The maximum absolute atomic E-state index is 12.3. The summed E-state index contributed by atoms with van der Waals surface area (Å²) in [6.45, 7) is 2.78. The number of amides is 4. The first-order chi connectivity index (χ1) is 11.5. The predicted molar refractivity (Wildman–Crippen MR) is 88.4 cm³/mol. The molecule has 7 nitrogen and oxygen atoms in total. The Labute approximate surface area is 140 Å². The largest absolute Gasteiger partial charge is 0.378 e. The van der Waals surface area contributed by atoms with E-state index in [0.717, 1.165) is 34.1 Å². The lowest BCUT2D eigenvalue weighted by atomic mass is 10.0. The van der Waals surface area contributed by atoms with Crippen molar-refractivity contribution in [1.29, 1.82) is 0 Å². The van der Waals surface area contributed by atoms with Gasteiger partial charge in [0.05, 0.1) is 13.2 Å². The van der Waals surface area contributed by atoms with E-state index in [1.807, 2.05) is 24.3 Å². The quantitative estimate of drug-likeness (QED) is 0.597. The molecule has 2 fully saturated rings. The summed E-state index contributed by atoms with van der Waals surface area (Å²) < 4.78 is 5.37.